The molecule has 1 aromatic carbocycles. The van der Waals surface area contributed by atoms with Crippen LogP contribution < -0.4 is 0 Å². The van der Waals surface area contributed by atoms with E-state index in [2.05, 4.69) is 41.9 Å². The SMILES string of the molecule is [C-]#[N+]CCc1cccc2c(C)c(C)[nH]c12. The molecule has 0 bridgehead atoms. The molecule has 0 aliphatic heterocycles. The number of rotatable bonds is 2. The van der Waals surface area contributed by atoms with Gasteiger partial charge in [-0.15, -0.1) is 0 Å². The number of H-pyrrole nitrogens is 1. The molecule has 0 spiro atoms. The fourth-order valence-electron chi connectivity index (χ4n) is 1.93. The van der Waals surface area contributed by atoms with Crippen molar-refractivity contribution in [2.75, 3.05) is 6.54 Å². The molecule has 2 nitrogen and oxygen atoms in total. The van der Waals surface area contributed by atoms with Crippen molar-refractivity contribution in [2.24, 2.45) is 0 Å². The Bertz CT molecular complexity index is 529. The van der Waals surface area contributed by atoms with E-state index in [1.54, 1.807) is 0 Å². The van der Waals surface area contributed by atoms with Crippen LogP contribution in [0.3, 0.4) is 0 Å². The predicted molar refractivity (Wildman–Crippen MR) is 62.9 cm³/mol. The number of hydrogen-bond acceptors (Lipinski definition) is 0. The number of aryl methyl sites for hydroxylation is 2. The summed E-state index contributed by atoms with van der Waals surface area (Å²) < 4.78 is 0. The van der Waals surface area contributed by atoms with Crippen molar-refractivity contribution in [2.45, 2.75) is 20.3 Å². The Balaban J connectivity index is 2.57. The van der Waals surface area contributed by atoms with Gasteiger partial charge in [-0.3, -0.25) is 0 Å². The van der Waals surface area contributed by atoms with Crippen LogP contribution in [0.5, 0.6) is 0 Å². The van der Waals surface area contributed by atoms with E-state index in [0.29, 0.717) is 6.54 Å². The van der Waals surface area contributed by atoms with Gasteiger partial charge in [-0.25, -0.2) is 6.57 Å². The first-order valence-electron chi connectivity index (χ1n) is 5.14. The lowest BCUT2D eigenvalue weighted by Gasteiger charge is -1.98. The first kappa shape index (κ1) is 9.79. The van der Waals surface area contributed by atoms with Crippen LogP contribution in [0.25, 0.3) is 15.7 Å². The highest BCUT2D eigenvalue weighted by Gasteiger charge is 2.07. The molecule has 1 N–H and O–H groups in total. The number of nitrogens with zero attached hydrogens (tertiary/aromatic N) is 1. The van der Waals surface area contributed by atoms with E-state index in [1.807, 2.05) is 0 Å². The molecule has 2 rings (SSSR count). The van der Waals surface area contributed by atoms with Crippen molar-refractivity contribution in [3.63, 3.8) is 0 Å². The van der Waals surface area contributed by atoms with Gasteiger partial charge in [0.25, 0.3) is 0 Å². The van der Waals surface area contributed by atoms with Gasteiger partial charge < -0.3 is 9.83 Å². The van der Waals surface area contributed by atoms with Gasteiger partial charge in [0.05, 0.1) is 0 Å². The zero-order valence-electron chi connectivity index (χ0n) is 9.09. The summed E-state index contributed by atoms with van der Waals surface area (Å²) in [6.45, 7) is 11.6. The molecule has 0 saturated carbocycles. The number of hydrogen-bond donors (Lipinski definition) is 1. The van der Waals surface area contributed by atoms with E-state index in [9.17, 15) is 0 Å². The average Bonchev–Trinajstić information content (AvgIpc) is 2.53. The Kier molecular flexibility index (Phi) is 2.47. The number of para-hydroxylation sites is 1. The van der Waals surface area contributed by atoms with Crippen molar-refractivity contribution in [1.82, 2.24) is 4.98 Å². The fraction of sp³-hybridized carbons (Fsp3) is 0.308. The van der Waals surface area contributed by atoms with Gasteiger partial charge in [-0.2, -0.15) is 0 Å². The lowest BCUT2D eigenvalue weighted by molar-refractivity contribution is 1.08. The summed E-state index contributed by atoms with van der Waals surface area (Å²) in [5.41, 5.74) is 4.99. The molecule has 1 aromatic heterocycles. The second kappa shape index (κ2) is 3.78. The maximum absolute atomic E-state index is 6.82. The van der Waals surface area contributed by atoms with Crippen LogP contribution in [0.1, 0.15) is 16.8 Å². The standard InChI is InChI=1S/C13H14N2/c1-9-10(2)15-13-11(7-8-14-3)5-4-6-12(9)13/h4-6,15H,7-8H2,1-2H3. The number of benzene rings is 1. The van der Waals surface area contributed by atoms with E-state index in [4.69, 9.17) is 6.57 Å². The van der Waals surface area contributed by atoms with Gasteiger partial charge in [-0.1, -0.05) is 18.2 Å². The first-order chi connectivity index (χ1) is 7.24. The van der Waals surface area contributed by atoms with Crippen molar-refractivity contribution in [1.29, 1.82) is 0 Å². The van der Waals surface area contributed by atoms with Gasteiger partial charge in [0.1, 0.15) is 0 Å². The molecule has 0 aliphatic carbocycles. The van der Waals surface area contributed by atoms with Crippen LogP contribution in [0, 0.1) is 20.4 Å². The van der Waals surface area contributed by atoms with Gasteiger partial charge in [0, 0.05) is 23.0 Å². The normalized spacial score (nSPS) is 10.5. The van der Waals surface area contributed by atoms with Crippen molar-refractivity contribution >= 4 is 10.9 Å². The minimum Gasteiger partial charge on any atom is -0.358 e. The van der Waals surface area contributed by atoms with Gasteiger partial charge >= 0.3 is 0 Å². The third-order valence-corrected chi connectivity index (χ3v) is 2.92. The second-order valence-electron chi connectivity index (χ2n) is 3.85. The minimum absolute atomic E-state index is 0.566. The van der Waals surface area contributed by atoms with E-state index in [0.717, 1.165) is 6.42 Å². The summed E-state index contributed by atoms with van der Waals surface area (Å²) in [5, 5.41) is 1.29. The molecule has 0 fully saturated rings. The summed E-state index contributed by atoms with van der Waals surface area (Å²) >= 11 is 0. The van der Waals surface area contributed by atoms with Gasteiger partial charge in [0.2, 0.25) is 6.54 Å². The molecule has 2 aromatic rings. The Morgan fingerprint density at radius 1 is 1.33 bits per heavy atom. The molecule has 0 aliphatic rings. The summed E-state index contributed by atoms with van der Waals surface area (Å²) in [4.78, 5) is 6.80. The molecule has 1 heterocycles. The van der Waals surface area contributed by atoms with Crippen LogP contribution >= 0.6 is 0 Å². The van der Waals surface area contributed by atoms with Gasteiger partial charge in [-0.05, 0) is 25.0 Å². The molecule has 2 heteroatoms. The maximum Gasteiger partial charge on any atom is 0.218 e. The lowest BCUT2D eigenvalue weighted by Crippen LogP contribution is -1.89. The monoisotopic (exact) mass is 198 g/mol. The van der Waals surface area contributed by atoms with Crippen molar-refractivity contribution in [3.05, 3.63) is 46.4 Å². The van der Waals surface area contributed by atoms with Crippen LogP contribution in [0.15, 0.2) is 18.2 Å². The van der Waals surface area contributed by atoms with Gasteiger partial charge in [0.15, 0.2) is 0 Å². The zero-order chi connectivity index (χ0) is 10.8. The quantitative estimate of drug-likeness (QED) is 0.715. The first-order valence-corrected chi connectivity index (χ1v) is 5.14. The number of nitrogens with one attached hydrogen (secondary N) is 1. The molecule has 76 valence electrons. The highest BCUT2D eigenvalue weighted by Crippen LogP contribution is 2.24. The van der Waals surface area contributed by atoms with Crippen LogP contribution in [-0.4, -0.2) is 11.5 Å². The van der Waals surface area contributed by atoms with E-state index < -0.39 is 0 Å². The molecule has 0 amide bonds. The Morgan fingerprint density at radius 3 is 2.87 bits per heavy atom. The number of aromatic nitrogens is 1. The third-order valence-electron chi connectivity index (χ3n) is 2.92. The zero-order valence-corrected chi connectivity index (χ0v) is 9.09. The van der Waals surface area contributed by atoms with E-state index >= 15 is 0 Å². The van der Waals surface area contributed by atoms with Crippen molar-refractivity contribution < 1.29 is 0 Å². The summed E-state index contributed by atoms with van der Waals surface area (Å²) in [7, 11) is 0. The highest BCUT2D eigenvalue weighted by atomic mass is 14.7. The van der Waals surface area contributed by atoms with E-state index in [1.165, 1.54) is 27.7 Å². The Hall–Kier alpha value is -1.75. The van der Waals surface area contributed by atoms with Crippen LogP contribution in [0.4, 0.5) is 0 Å². The molecule has 0 atom stereocenters. The molecule has 0 unspecified atom stereocenters. The largest absolute Gasteiger partial charge is 0.358 e. The number of fused-ring (bicyclic) bond motifs is 1. The van der Waals surface area contributed by atoms with Crippen molar-refractivity contribution in [3.8, 4) is 0 Å². The van der Waals surface area contributed by atoms with Crippen LogP contribution in [0.2, 0.25) is 0 Å². The minimum atomic E-state index is 0.566. The summed E-state index contributed by atoms with van der Waals surface area (Å²) in [6, 6.07) is 6.31. The highest BCUT2D eigenvalue weighted by molar-refractivity contribution is 5.87. The molecular weight excluding hydrogens is 184 g/mol. The topological polar surface area (TPSA) is 20.1 Å². The number of aromatic amines is 1. The van der Waals surface area contributed by atoms with E-state index in [-0.39, 0.29) is 0 Å². The molecular formula is C13H14N2. The average molecular weight is 198 g/mol. The smallest absolute Gasteiger partial charge is 0.218 e. The third kappa shape index (κ3) is 1.61. The Labute approximate surface area is 89.7 Å². The summed E-state index contributed by atoms with van der Waals surface area (Å²) in [6.07, 6.45) is 0.834. The van der Waals surface area contributed by atoms with Crippen LogP contribution in [-0.2, 0) is 6.42 Å². The summed E-state index contributed by atoms with van der Waals surface area (Å²) in [5.74, 6) is 0. The lowest BCUT2D eigenvalue weighted by atomic mass is 10.1. The molecule has 0 saturated heterocycles. The maximum atomic E-state index is 6.82. The second-order valence-corrected chi connectivity index (χ2v) is 3.85. The predicted octanol–water partition coefficient (Wildman–Crippen LogP) is 3.25. The Morgan fingerprint density at radius 2 is 2.13 bits per heavy atom. The fourth-order valence-corrected chi connectivity index (χ4v) is 1.93. The molecule has 0 radical (unpaired) electrons. The molecule has 15 heavy (non-hydrogen) atoms.